The van der Waals surface area contributed by atoms with Gasteiger partial charge in [0.05, 0.1) is 17.4 Å². The lowest BCUT2D eigenvalue weighted by atomic mass is 9.97. The highest BCUT2D eigenvalue weighted by molar-refractivity contribution is 5.81. The van der Waals surface area contributed by atoms with Crippen LogP contribution in [-0.4, -0.2) is 49.4 Å². The van der Waals surface area contributed by atoms with Crippen LogP contribution in [0.25, 0.3) is 0 Å². The fraction of sp³-hybridized carbons (Fsp3) is 0.643. The van der Waals surface area contributed by atoms with Crippen LogP contribution < -0.4 is 15.2 Å². The van der Waals surface area contributed by atoms with Gasteiger partial charge in [0, 0.05) is 0 Å². The van der Waals surface area contributed by atoms with Crippen molar-refractivity contribution < 1.29 is 42.9 Å². The number of unbranched alkanes of at least 4 members (excludes halogenated alkanes) is 2. The monoisotopic (exact) mass is 537 g/mol. The van der Waals surface area contributed by atoms with Crippen LogP contribution in [0.4, 0.5) is 4.79 Å². The van der Waals surface area contributed by atoms with Gasteiger partial charge < -0.3 is 29.4 Å². The van der Waals surface area contributed by atoms with E-state index >= 15 is 0 Å². The third-order valence-electron chi connectivity index (χ3n) is 5.12. The number of hydrogen-bond acceptors (Lipinski definition) is 10. The third-order valence-corrected chi connectivity index (χ3v) is 5.12. The molecule has 2 N–H and O–H groups in total. The summed E-state index contributed by atoms with van der Waals surface area (Å²) in [7, 11) is 0. The van der Waals surface area contributed by atoms with E-state index in [1.165, 1.54) is 12.1 Å². The van der Waals surface area contributed by atoms with E-state index in [0.717, 1.165) is 19.3 Å². The van der Waals surface area contributed by atoms with Gasteiger partial charge in [-0.15, -0.1) is 0 Å². The molecular formula is C28H43NO9. The predicted molar refractivity (Wildman–Crippen MR) is 141 cm³/mol. The maximum absolute atomic E-state index is 12.5. The molecule has 214 valence electrons. The number of benzene rings is 1. The maximum atomic E-state index is 12.5. The minimum Gasteiger partial charge on any atom is -0.461 e. The van der Waals surface area contributed by atoms with Gasteiger partial charge in [-0.1, -0.05) is 25.8 Å². The molecular weight excluding hydrogens is 494 g/mol. The molecule has 0 saturated heterocycles. The van der Waals surface area contributed by atoms with Crippen molar-refractivity contribution in [3.05, 3.63) is 23.8 Å². The normalized spacial score (nSPS) is 13.2. The van der Waals surface area contributed by atoms with Gasteiger partial charge >= 0.3 is 24.1 Å². The molecule has 0 radical (unpaired) electrons. The van der Waals surface area contributed by atoms with Gasteiger partial charge in [0.15, 0.2) is 11.5 Å². The first-order chi connectivity index (χ1) is 17.5. The third kappa shape index (κ3) is 11.9. The van der Waals surface area contributed by atoms with Crippen LogP contribution in [0, 0.1) is 10.8 Å². The molecule has 10 nitrogen and oxygen atoms in total. The zero-order valence-electron chi connectivity index (χ0n) is 23.9. The number of rotatable bonds is 12. The van der Waals surface area contributed by atoms with Crippen LogP contribution in [0.3, 0.4) is 0 Å². The molecule has 0 fully saturated rings. The molecule has 0 aliphatic heterocycles. The van der Waals surface area contributed by atoms with Crippen molar-refractivity contribution in [1.82, 2.24) is 0 Å². The van der Waals surface area contributed by atoms with Crippen molar-refractivity contribution in [2.24, 2.45) is 16.6 Å². The van der Waals surface area contributed by atoms with E-state index < -0.39 is 47.0 Å². The van der Waals surface area contributed by atoms with E-state index in [-0.39, 0.29) is 31.1 Å². The Morgan fingerprint density at radius 2 is 1.45 bits per heavy atom. The van der Waals surface area contributed by atoms with Crippen LogP contribution in [0.15, 0.2) is 18.2 Å². The van der Waals surface area contributed by atoms with Crippen LogP contribution in [0.5, 0.6) is 11.5 Å². The van der Waals surface area contributed by atoms with Crippen molar-refractivity contribution in [3.63, 3.8) is 0 Å². The fourth-order valence-corrected chi connectivity index (χ4v) is 2.73. The predicted octanol–water partition coefficient (Wildman–Crippen LogP) is 4.73. The first-order valence-corrected chi connectivity index (χ1v) is 12.9. The highest BCUT2D eigenvalue weighted by Gasteiger charge is 2.29. The van der Waals surface area contributed by atoms with Crippen molar-refractivity contribution in [1.29, 1.82) is 0 Å². The van der Waals surface area contributed by atoms with Gasteiger partial charge in [-0.25, -0.2) is 4.79 Å². The fourth-order valence-electron chi connectivity index (χ4n) is 2.73. The Balaban J connectivity index is 2.81. The summed E-state index contributed by atoms with van der Waals surface area (Å²) in [5.41, 5.74) is 5.01. The summed E-state index contributed by atoms with van der Waals surface area (Å²) in [5, 5.41) is 0. The van der Waals surface area contributed by atoms with Crippen molar-refractivity contribution >= 4 is 24.1 Å². The van der Waals surface area contributed by atoms with E-state index in [2.05, 4.69) is 0 Å². The van der Waals surface area contributed by atoms with Gasteiger partial charge in [0.25, 0.3) is 0 Å². The summed E-state index contributed by atoms with van der Waals surface area (Å²) in [5.74, 6) is -1.60. The lowest BCUT2D eigenvalue weighted by Gasteiger charge is -2.21. The number of nitrogens with two attached hydrogens (primary N) is 1. The Labute approximate surface area is 225 Å². The highest BCUT2D eigenvalue weighted by Crippen LogP contribution is 2.33. The van der Waals surface area contributed by atoms with Crippen molar-refractivity contribution in [3.8, 4) is 11.5 Å². The number of esters is 3. The Bertz CT molecular complexity index is 960. The molecule has 1 aromatic rings. The lowest BCUT2D eigenvalue weighted by molar-refractivity contribution is -0.148. The number of carbonyl (C=O) groups excluding carboxylic acids is 4. The molecule has 0 amide bonds. The molecule has 1 aromatic carbocycles. The average Bonchev–Trinajstić information content (AvgIpc) is 2.80. The molecule has 0 heterocycles. The van der Waals surface area contributed by atoms with Crippen LogP contribution in [0.2, 0.25) is 0 Å². The number of hydrogen-bond donors (Lipinski definition) is 1. The van der Waals surface area contributed by atoms with E-state index in [9.17, 15) is 19.2 Å². The van der Waals surface area contributed by atoms with E-state index in [1.807, 2.05) is 6.92 Å². The summed E-state index contributed by atoms with van der Waals surface area (Å²) in [6.07, 6.45) is 1.22. The van der Waals surface area contributed by atoms with Gasteiger partial charge in [-0.2, -0.15) is 0 Å². The van der Waals surface area contributed by atoms with Crippen LogP contribution >= 0.6 is 0 Å². The zero-order valence-corrected chi connectivity index (χ0v) is 23.9. The SMILES string of the molecule is CCCCCOC(=O)O[C@@H](C)COC(=O)[C@@H](N)Cc1ccc(OC(=O)C(C)(C)C)c(OC(=O)C(C)(C)C)c1. The minimum absolute atomic E-state index is 0.0417. The molecule has 0 unspecified atom stereocenters. The smallest absolute Gasteiger partial charge is 0.461 e. The highest BCUT2D eigenvalue weighted by atomic mass is 16.7. The lowest BCUT2D eigenvalue weighted by Crippen LogP contribution is -2.36. The molecule has 2 atom stereocenters. The van der Waals surface area contributed by atoms with Crippen LogP contribution in [-0.2, 0) is 35.0 Å². The van der Waals surface area contributed by atoms with E-state index in [1.54, 1.807) is 54.5 Å². The van der Waals surface area contributed by atoms with Gasteiger partial charge in [-0.3, -0.25) is 14.4 Å². The minimum atomic E-state index is -1.04. The molecule has 0 aliphatic rings. The summed E-state index contributed by atoms with van der Waals surface area (Å²) < 4.78 is 26.2. The maximum Gasteiger partial charge on any atom is 0.508 e. The average molecular weight is 538 g/mol. The van der Waals surface area contributed by atoms with E-state index in [4.69, 9.17) is 29.4 Å². The van der Waals surface area contributed by atoms with Crippen molar-refractivity contribution in [2.75, 3.05) is 13.2 Å². The largest absolute Gasteiger partial charge is 0.508 e. The van der Waals surface area contributed by atoms with Gasteiger partial charge in [-0.05, 0) is 79.0 Å². The van der Waals surface area contributed by atoms with Gasteiger partial charge in [0.1, 0.15) is 18.8 Å². The first kappa shape index (κ1) is 32.9. The summed E-state index contributed by atoms with van der Waals surface area (Å²) in [6.45, 7) is 13.9. The summed E-state index contributed by atoms with van der Waals surface area (Å²) in [6, 6.07) is 3.57. The Kier molecular flexibility index (Phi) is 12.7. The molecule has 0 aromatic heterocycles. The summed E-state index contributed by atoms with van der Waals surface area (Å²) >= 11 is 0. The number of ether oxygens (including phenoxy) is 5. The Morgan fingerprint density at radius 3 is 2.00 bits per heavy atom. The molecule has 0 bridgehead atoms. The second-order valence-corrected chi connectivity index (χ2v) is 11.2. The second-order valence-electron chi connectivity index (χ2n) is 11.2. The molecule has 0 aliphatic carbocycles. The molecule has 0 saturated carbocycles. The quantitative estimate of drug-likeness (QED) is 0.226. The Morgan fingerprint density at radius 1 is 0.868 bits per heavy atom. The Hall–Kier alpha value is -3.14. The summed E-state index contributed by atoms with van der Waals surface area (Å²) in [4.78, 5) is 49.0. The zero-order chi connectivity index (χ0) is 29.1. The van der Waals surface area contributed by atoms with Crippen molar-refractivity contribution in [2.45, 2.75) is 93.2 Å². The standard InChI is InChI=1S/C28H43NO9/c1-9-10-11-14-34-26(33)36-18(2)17-35-23(30)20(29)15-19-12-13-21(37-24(31)27(3,4)5)22(16-19)38-25(32)28(6,7)8/h12-13,16,18,20H,9-11,14-15,17,29H2,1-8H3/t18-,20-/m0/s1. The van der Waals surface area contributed by atoms with E-state index in [0.29, 0.717) is 5.56 Å². The molecule has 1 rings (SSSR count). The molecule has 10 heteroatoms. The second kappa shape index (κ2) is 14.7. The van der Waals surface area contributed by atoms with Gasteiger partial charge in [0.2, 0.25) is 0 Å². The number of carbonyl (C=O) groups is 4. The topological polar surface area (TPSA) is 140 Å². The first-order valence-electron chi connectivity index (χ1n) is 12.9. The molecule has 38 heavy (non-hydrogen) atoms. The molecule has 0 spiro atoms. The van der Waals surface area contributed by atoms with Crippen LogP contribution in [0.1, 0.15) is 80.2 Å².